The Morgan fingerprint density at radius 2 is 1.66 bits per heavy atom. The molecule has 8 heteroatoms. The highest BCUT2D eigenvalue weighted by atomic mass is 16.6. The molecule has 50 heavy (non-hydrogen) atoms. The van der Waals surface area contributed by atoms with E-state index < -0.39 is 4.92 Å². The molecular weight excluding hydrogens is 628 g/mol. The maximum absolute atomic E-state index is 13.3. The van der Waals surface area contributed by atoms with Gasteiger partial charge in [-0.2, -0.15) is 0 Å². The number of ether oxygens (including phenoxy) is 3. The first-order chi connectivity index (χ1) is 24.0. The van der Waals surface area contributed by atoms with E-state index in [4.69, 9.17) is 19.9 Å². The van der Waals surface area contributed by atoms with Crippen LogP contribution in [0.3, 0.4) is 0 Å². The molecule has 0 aromatic heterocycles. The molecule has 1 fully saturated rings. The number of hydrogen-bond acceptors (Lipinski definition) is 7. The van der Waals surface area contributed by atoms with E-state index in [1.165, 1.54) is 12.1 Å². The van der Waals surface area contributed by atoms with Crippen molar-refractivity contribution in [2.45, 2.75) is 117 Å². The number of benzene rings is 2. The van der Waals surface area contributed by atoms with Crippen molar-refractivity contribution in [3.8, 4) is 5.75 Å². The lowest BCUT2D eigenvalue weighted by Gasteiger charge is -2.30. The molecule has 0 spiro atoms. The van der Waals surface area contributed by atoms with Crippen molar-refractivity contribution < 1.29 is 23.9 Å². The van der Waals surface area contributed by atoms with Crippen molar-refractivity contribution >= 4 is 17.2 Å². The first-order valence-corrected chi connectivity index (χ1v) is 18.4. The third-order valence-corrected chi connectivity index (χ3v) is 10.1. The molecule has 5 atom stereocenters. The first kappa shape index (κ1) is 40.5. The van der Waals surface area contributed by atoms with Crippen LogP contribution in [0.1, 0.15) is 97.5 Å². The summed E-state index contributed by atoms with van der Waals surface area (Å²) < 4.78 is 18.5. The molecule has 274 valence electrons. The van der Waals surface area contributed by atoms with Gasteiger partial charge < -0.3 is 19.9 Å². The average molecular weight is 689 g/mol. The van der Waals surface area contributed by atoms with Crippen molar-refractivity contribution in [1.29, 1.82) is 0 Å². The van der Waals surface area contributed by atoms with Crippen LogP contribution in [0.4, 0.5) is 11.4 Å². The van der Waals surface area contributed by atoms with Gasteiger partial charge in [0.15, 0.2) is 0 Å². The fraction of sp³-hybridized carbons (Fsp3) is 0.548. The second kappa shape index (κ2) is 21.3. The molecule has 3 rings (SSSR count). The van der Waals surface area contributed by atoms with Crippen LogP contribution in [-0.2, 0) is 20.7 Å². The van der Waals surface area contributed by atoms with E-state index >= 15 is 0 Å². The zero-order valence-corrected chi connectivity index (χ0v) is 30.8. The number of rotatable bonds is 23. The van der Waals surface area contributed by atoms with E-state index in [2.05, 4.69) is 40.0 Å². The van der Waals surface area contributed by atoms with Gasteiger partial charge in [0.1, 0.15) is 11.5 Å². The van der Waals surface area contributed by atoms with E-state index in [1.807, 2.05) is 37.3 Å². The fourth-order valence-electron chi connectivity index (χ4n) is 6.83. The Balaban J connectivity index is 1.52. The molecule has 0 saturated heterocycles. The van der Waals surface area contributed by atoms with Crippen molar-refractivity contribution in [3.05, 3.63) is 101 Å². The number of anilines is 1. The molecular formula is C42H60N2O6. The first-order valence-electron chi connectivity index (χ1n) is 18.4. The summed E-state index contributed by atoms with van der Waals surface area (Å²) >= 11 is 0. The number of nitro groups is 1. The number of Topliss-reactive ketones (excluding diaryl/α,β-unsaturated/α-hetero) is 1. The minimum atomic E-state index is -0.399. The van der Waals surface area contributed by atoms with E-state index in [9.17, 15) is 14.9 Å². The summed E-state index contributed by atoms with van der Waals surface area (Å²) in [5.74, 6) is 2.21. The summed E-state index contributed by atoms with van der Waals surface area (Å²) in [4.78, 5) is 23.9. The number of hydrogen-bond donors (Lipinski definition) is 1. The lowest BCUT2D eigenvalue weighted by molar-refractivity contribution is -0.384. The van der Waals surface area contributed by atoms with Crippen LogP contribution in [0.25, 0.3) is 0 Å². The van der Waals surface area contributed by atoms with E-state index in [-0.39, 0.29) is 47.5 Å². The van der Waals surface area contributed by atoms with Gasteiger partial charge in [0.25, 0.3) is 5.69 Å². The number of nitrogen functional groups attached to an aromatic ring is 1. The summed E-state index contributed by atoms with van der Waals surface area (Å²) in [6.45, 7) is 16.4. The standard InChI is InChI=1S/C42H60N2O6/c1-7-30(3)27-32(5)41(45)29-42(49-26-25-35-10-17-37(18-11-35)44(46)47)33(6)28-31(4)9-19-38(48-8-2)20-12-34-13-21-39(22-14-34)50-40-23-15-36(43)16-24-40/h7-8,10-11,15-18,23-24,28,30-32,34,38-39,42H,1-2,9,12-14,19-22,25-27,29,43H2,3-6H3/b33-28+. The minimum absolute atomic E-state index is 0.0676. The fourth-order valence-corrected chi connectivity index (χ4v) is 6.83. The Labute approximate surface area is 300 Å². The van der Waals surface area contributed by atoms with Crippen molar-refractivity contribution in [2.75, 3.05) is 12.3 Å². The number of allylic oxidation sites excluding steroid dienone is 2. The lowest BCUT2D eigenvalue weighted by Crippen LogP contribution is -2.25. The normalized spacial score (nSPS) is 19.4. The lowest BCUT2D eigenvalue weighted by atomic mass is 9.83. The summed E-state index contributed by atoms with van der Waals surface area (Å²) in [6.07, 6.45) is 15.9. The molecule has 1 saturated carbocycles. The van der Waals surface area contributed by atoms with Gasteiger partial charge in [0.05, 0.1) is 36.1 Å². The average Bonchev–Trinajstić information content (AvgIpc) is 3.10. The van der Waals surface area contributed by atoms with E-state index in [1.54, 1.807) is 18.4 Å². The van der Waals surface area contributed by atoms with Crippen LogP contribution in [0, 0.1) is 33.8 Å². The van der Waals surface area contributed by atoms with Gasteiger partial charge in [-0.05, 0) is 124 Å². The molecule has 8 nitrogen and oxygen atoms in total. The van der Waals surface area contributed by atoms with Gasteiger partial charge in [-0.15, -0.1) is 6.58 Å². The molecule has 1 aliphatic rings. The number of nitrogens with zero attached hydrogens (tertiary/aromatic N) is 1. The molecule has 2 aromatic carbocycles. The van der Waals surface area contributed by atoms with Gasteiger partial charge in [-0.1, -0.05) is 51.6 Å². The second-order valence-corrected chi connectivity index (χ2v) is 14.4. The van der Waals surface area contributed by atoms with Gasteiger partial charge in [0.2, 0.25) is 0 Å². The summed E-state index contributed by atoms with van der Waals surface area (Å²) in [5, 5.41) is 11.0. The number of nitrogens with two attached hydrogens (primary N) is 1. The summed E-state index contributed by atoms with van der Waals surface area (Å²) in [5.41, 5.74) is 8.63. The third-order valence-electron chi connectivity index (χ3n) is 10.1. The van der Waals surface area contributed by atoms with Crippen LogP contribution in [0.2, 0.25) is 0 Å². The highest BCUT2D eigenvalue weighted by Gasteiger charge is 2.25. The van der Waals surface area contributed by atoms with Crippen LogP contribution in [0.5, 0.6) is 5.75 Å². The number of non-ortho nitro benzene ring substituents is 1. The number of carbonyl (C=O) groups excluding carboxylic acids is 1. The maximum atomic E-state index is 13.3. The Hall–Kier alpha value is -3.91. The smallest absolute Gasteiger partial charge is 0.269 e. The van der Waals surface area contributed by atoms with Crippen LogP contribution in [0.15, 0.2) is 85.7 Å². The van der Waals surface area contributed by atoms with Gasteiger partial charge >= 0.3 is 0 Å². The predicted molar refractivity (Wildman–Crippen MR) is 203 cm³/mol. The number of ketones is 1. The largest absolute Gasteiger partial charge is 0.499 e. The van der Waals surface area contributed by atoms with Gasteiger partial charge in [-0.3, -0.25) is 14.9 Å². The van der Waals surface area contributed by atoms with E-state index in [0.29, 0.717) is 25.4 Å². The van der Waals surface area contributed by atoms with Gasteiger partial charge in [-0.25, -0.2) is 0 Å². The van der Waals surface area contributed by atoms with Crippen LogP contribution < -0.4 is 10.5 Å². The summed E-state index contributed by atoms with van der Waals surface area (Å²) in [6, 6.07) is 14.2. The molecule has 1 aliphatic carbocycles. The van der Waals surface area contributed by atoms with Crippen molar-refractivity contribution in [1.82, 2.24) is 0 Å². The summed E-state index contributed by atoms with van der Waals surface area (Å²) in [7, 11) is 0. The molecule has 0 radical (unpaired) electrons. The third kappa shape index (κ3) is 14.5. The molecule has 0 heterocycles. The SMILES string of the molecule is C=COC(CCC(C)/C=C(\C)C(CC(=O)C(C)CC(C)C=C)OCCc1ccc([N+](=O)[O-])cc1)CCC1CCC(Oc2ccc(N)cc2)CC1. The number of carbonyl (C=O) groups is 1. The van der Waals surface area contributed by atoms with Crippen molar-refractivity contribution in [2.24, 2.45) is 23.7 Å². The molecule has 0 amide bonds. The molecule has 2 N–H and O–H groups in total. The molecule has 0 aliphatic heterocycles. The second-order valence-electron chi connectivity index (χ2n) is 14.4. The van der Waals surface area contributed by atoms with Crippen molar-refractivity contribution in [3.63, 3.8) is 0 Å². The Morgan fingerprint density at radius 3 is 2.28 bits per heavy atom. The van der Waals surface area contributed by atoms with Crippen LogP contribution in [-0.4, -0.2) is 35.6 Å². The molecule has 5 unspecified atom stereocenters. The molecule has 2 aromatic rings. The Kier molecular flexibility index (Phi) is 17.3. The Bertz CT molecular complexity index is 1360. The monoisotopic (exact) mass is 688 g/mol. The van der Waals surface area contributed by atoms with E-state index in [0.717, 1.165) is 80.4 Å². The zero-order chi connectivity index (χ0) is 36.5. The zero-order valence-electron chi connectivity index (χ0n) is 30.8. The topological polar surface area (TPSA) is 114 Å². The highest BCUT2D eigenvalue weighted by Crippen LogP contribution is 2.32. The van der Waals surface area contributed by atoms with Gasteiger partial charge in [0, 0.05) is 30.2 Å². The minimum Gasteiger partial charge on any atom is -0.499 e. The predicted octanol–water partition coefficient (Wildman–Crippen LogP) is 10.2. The quantitative estimate of drug-likeness (QED) is 0.0406. The highest BCUT2D eigenvalue weighted by molar-refractivity contribution is 5.81. The number of nitro benzene ring substituents is 1. The van der Waals surface area contributed by atoms with Crippen LogP contribution >= 0.6 is 0 Å². The Morgan fingerprint density at radius 1 is 0.980 bits per heavy atom. The maximum Gasteiger partial charge on any atom is 0.269 e. The molecule has 0 bridgehead atoms.